The molecule has 0 aliphatic heterocycles. The fourth-order valence-corrected chi connectivity index (χ4v) is 4.40. The Morgan fingerprint density at radius 3 is 2.65 bits per heavy atom. The smallest absolute Gasteiger partial charge is 0.244 e. The van der Waals surface area contributed by atoms with Crippen LogP contribution in [0, 0.1) is 6.92 Å². The van der Waals surface area contributed by atoms with Gasteiger partial charge in [-0.15, -0.1) is 11.3 Å². The van der Waals surface area contributed by atoms with E-state index in [9.17, 15) is 8.42 Å². The summed E-state index contributed by atoms with van der Waals surface area (Å²) < 4.78 is 26.9. The molecular formula is C11H11Cl2N3O2S2. The van der Waals surface area contributed by atoms with Crippen LogP contribution in [0.25, 0.3) is 0 Å². The number of sulfonamides is 1. The van der Waals surface area contributed by atoms with Crippen LogP contribution in [0.3, 0.4) is 0 Å². The second kappa shape index (κ2) is 5.87. The highest BCUT2D eigenvalue weighted by Gasteiger charge is 2.22. The zero-order valence-corrected chi connectivity index (χ0v) is 13.5. The molecule has 0 bridgehead atoms. The number of aryl methyl sites for hydroxylation is 1. The van der Waals surface area contributed by atoms with Crippen molar-refractivity contribution in [3.05, 3.63) is 38.3 Å². The molecule has 0 spiro atoms. The fourth-order valence-electron chi connectivity index (χ4n) is 1.59. The average molecular weight is 352 g/mol. The second-order valence-corrected chi connectivity index (χ2v) is 7.84. The highest BCUT2D eigenvalue weighted by Crippen LogP contribution is 2.31. The van der Waals surface area contributed by atoms with Gasteiger partial charge in [0.15, 0.2) is 0 Å². The summed E-state index contributed by atoms with van der Waals surface area (Å²) in [5.74, 6) is 0. The molecule has 0 radical (unpaired) electrons. The van der Waals surface area contributed by atoms with Gasteiger partial charge in [-0.3, -0.25) is 0 Å². The molecule has 3 N–H and O–H groups in total. The lowest BCUT2D eigenvalue weighted by atomic mass is 10.3. The zero-order chi connectivity index (χ0) is 14.9. The van der Waals surface area contributed by atoms with Crippen LogP contribution >= 0.6 is 34.5 Å². The molecule has 0 saturated carbocycles. The molecular weight excluding hydrogens is 341 g/mol. The Hall–Kier alpha value is -0.860. The quantitative estimate of drug-likeness (QED) is 0.829. The summed E-state index contributed by atoms with van der Waals surface area (Å²) >= 11 is 13.1. The van der Waals surface area contributed by atoms with Gasteiger partial charge in [0.25, 0.3) is 0 Å². The van der Waals surface area contributed by atoms with Crippen LogP contribution in [0.15, 0.2) is 23.2 Å². The Morgan fingerprint density at radius 2 is 2.10 bits per heavy atom. The molecule has 0 unspecified atom stereocenters. The maximum Gasteiger partial charge on any atom is 0.244 e. The topological polar surface area (TPSA) is 85.1 Å². The van der Waals surface area contributed by atoms with Gasteiger partial charge in [-0.05, 0) is 19.1 Å². The van der Waals surface area contributed by atoms with Gasteiger partial charge in [0, 0.05) is 22.6 Å². The number of nitrogen functional groups attached to an aromatic ring is 1. The summed E-state index contributed by atoms with van der Waals surface area (Å²) in [6.45, 7) is 1.98. The molecule has 1 heterocycles. The van der Waals surface area contributed by atoms with E-state index in [2.05, 4.69) is 9.71 Å². The molecule has 1 aromatic carbocycles. The number of nitrogens with one attached hydrogen (secondary N) is 1. The minimum atomic E-state index is -3.81. The first kappa shape index (κ1) is 15.5. The first-order chi connectivity index (χ1) is 9.29. The Labute approximate surface area is 130 Å². The van der Waals surface area contributed by atoms with E-state index in [1.54, 1.807) is 6.20 Å². The number of rotatable bonds is 4. The number of nitrogens with two attached hydrogens (primary N) is 1. The normalized spacial score (nSPS) is 11.8. The van der Waals surface area contributed by atoms with Crippen molar-refractivity contribution in [1.82, 2.24) is 9.71 Å². The molecule has 0 fully saturated rings. The van der Waals surface area contributed by atoms with Crippen LogP contribution in [0.5, 0.6) is 0 Å². The Bertz CT molecular complexity index is 721. The number of benzene rings is 1. The van der Waals surface area contributed by atoms with Gasteiger partial charge in [0.1, 0.15) is 4.90 Å². The summed E-state index contributed by atoms with van der Waals surface area (Å²) in [7, 11) is -3.81. The molecule has 108 valence electrons. The maximum atomic E-state index is 12.2. The van der Waals surface area contributed by atoms with Gasteiger partial charge in [0.05, 0.1) is 15.7 Å². The lowest BCUT2D eigenvalue weighted by Crippen LogP contribution is -2.24. The van der Waals surface area contributed by atoms with Crippen molar-refractivity contribution < 1.29 is 8.42 Å². The predicted octanol–water partition coefficient (Wildman–Crippen LogP) is 2.82. The first-order valence-electron chi connectivity index (χ1n) is 5.45. The third-order valence-corrected chi connectivity index (χ3v) is 5.47. The molecule has 0 aliphatic rings. The standard InChI is InChI=1S/C11H11Cl2N3O2S2/c1-6-15-4-8(19-6)5-16-20(17,18)11-9(13)2-7(12)3-10(11)14/h2-4,16H,5,14H2,1H3. The van der Waals surface area contributed by atoms with Crippen LogP contribution in [0.1, 0.15) is 9.88 Å². The van der Waals surface area contributed by atoms with E-state index in [0.29, 0.717) is 0 Å². The molecule has 2 aromatic rings. The van der Waals surface area contributed by atoms with E-state index in [-0.39, 0.29) is 27.2 Å². The van der Waals surface area contributed by atoms with Gasteiger partial charge in [-0.1, -0.05) is 23.2 Å². The minimum absolute atomic E-state index is 0.00971. The van der Waals surface area contributed by atoms with Gasteiger partial charge >= 0.3 is 0 Å². The largest absolute Gasteiger partial charge is 0.398 e. The summed E-state index contributed by atoms with van der Waals surface area (Å²) in [4.78, 5) is 4.69. The van der Waals surface area contributed by atoms with E-state index < -0.39 is 10.0 Å². The lowest BCUT2D eigenvalue weighted by molar-refractivity contribution is 0.582. The average Bonchev–Trinajstić information content (AvgIpc) is 2.71. The van der Waals surface area contributed by atoms with Crippen LogP contribution in [0.4, 0.5) is 5.69 Å². The Morgan fingerprint density at radius 1 is 1.40 bits per heavy atom. The molecule has 2 rings (SSSR count). The monoisotopic (exact) mass is 351 g/mol. The third kappa shape index (κ3) is 3.42. The number of thiazole rings is 1. The summed E-state index contributed by atoms with van der Waals surface area (Å²) in [6, 6.07) is 2.68. The van der Waals surface area contributed by atoms with Crippen molar-refractivity contribution in [2.45, 2.75) is 18.4 Å². The van der Waals surface area contributed by atoms with Crippen molar-refractivity contribution in [3.8, 4) is 0 Å². The molecule has 20 heavy (non-hydrogen) atoms. The van der Waals surface area contributed by atoms with E-state index >= 15 is 0 Å². The highest BCUT2D eigenvalue weighted by atomic mass is 35.5. The third-order valence-electron chi connectivity index (χ3n) is 2.41. The molecule has 0 aliphatic carbocycles. The second-order valence-electron chi connectivity index (χ2n) is 3.98. The Balaban J connectivity index is 2.27. The molecule has 0 amide bonds. The van der Waals surface area contributed by atoms with Crippen molar-refractivity contribution in [3.63, 3.8) is 0 Å². The van der Waals surface area contributed by atoms with E-state index in [4.69, 9.17) is 28.9 Å². The van der Waals surface area contributed by atoms with Crippen LogP contribution in [-0.4, -0.2) is 13.4 Å². The van der Waals surface area contributed by atoms with Crippen molar-refractivity contribution in [2.75, 3.05) is 5.73 Å². The maximum absolute atomic E-state index is 12.2. The molecule has 1 aromatic heterocycles. The SMILES string of the molecule is Cc1ncc(CNS(=O)(=O)c2c(N)cc(Cl)cc2Cl)s1. The van der Waals surface area contributed by atoms with Gasteiger partial charge in [-0.25, -0.2) is 18.1 Å². The zero-order valence-electron chi connectivity index (χ0n) is 10.4. The van der Waals surface area contributed by atoms with Crippen molar-refractivity contribution in [1.29, 1.82) is 0 Å². The number of hydrogen-bond donors (Lipinski definition) is 2. The van der Waals surface area contributed by atoms with Gasteiger partial charge in [0.2, 0.25) is 10.0 Å². The van der Waals surface area contributed by atoms with Gasteiger partial charge in [-0.2, -0.15) is 0 Å². The van der Waals surface area contributed by atoms with Gasteiger partial charge < -0.3 is 5.73 Å². The van der Waals surface area contributed by atoms with Crippen LogP contribution < -0.4 is 10.5 Å². The fraction of sp³-hybridized carbons (Fsp3) is 0.182. The summed E-state index contributed by atoms with van der Waals surface area (Å²) in [5.41, 5.74) is 5.69. The van der Waals surface area contributed by atoms with E-state index in [0.717, 1.165) is 9.88 Å². The van der Waals surface area contributed by atoms with Crippen LogP contribution in [-0.2, 0) is 16.6 Å². The molecule has 0 saturated heterocycles. The number of halogens is 2. The summed E-state index contributed by atoms with van der Waals surface area (Å²) in [5, 5.41) is 1.13. The van der Waals surface area contributed by atoms with E-state index in [1.807, 2.05) is 6.92 Å². The number of hydrogen-bond acceptors (Lipinski definition) is 5. The molecule has 5 nitrogen and oxygen atoms in total. The van der Waals surface area contributed by atoms with Crippen LogP contribution in [0.2, 0.25) is 10.0 Å². The number of aromatic nitrogens is 1. The van der Waals surface area contributed by atoms with E-state index in [1.165, 1.54) is 23.5 Å². The lowest BCUT2D eigenvalue weighted by Gasteiger charge is -2.10. The molecule has 0 atom stereocenters. The predicted molar refractivity (Wildman–Crippen MR) is 81.8 cm³/mol. The first-order valence-corrected chi connectivity index (χ1v) is 8.50. The Kier molecular flexibility index (Phi) is 4.55. The van der Waals surface area contributed by atoms with Crippen molar-refractivity contribution >= 4 is 50.2 Å². The highest BCUT2D eigenvalue weighted by molar-refractivity contribution is 7.89. The van der Waals surface area contributed by atoms with Crippen molar-refractivity contribution in [2.24, 2.45) is 0 Å². The minimum Gasteiger partial charge on any atom is -0.398 e. The summed E-state index contributed by atoms with van der Waals surface area (Å²) in [6.07, 6.45) is 1.62. The number of anilines is 1. The molecule has 9 heteroatoms. The number of nitrogens with zero attached hydrogens (tertiary/aromatic N) is 1.